The van der Waals surface area contributed by atoms with Crippen molar-refractivity contribution in [3.8, 4) is 11.3 Å². The van der Waals surface area contributed by atoms with Crippen LogP contribution in [-0.2, 0) is 0 Å². The Morgan fingerprint density at radius 2 is 1.94 bits per heavy atom. The average Bonchev–Trinajstić information content (AvgIpc) is 3.23. The number of nitrogens with two attached hydrogens (primary N) is 1. The molecule has 0 spiro atoms. The van der Waals surface area contributed by atoms with Gasteiger partial charge in [0.15, 0.2) is 5.82 Å². The molecule has 3 N–H and O–H groups in total. The molecule has 0 unspecified atom stereocenters. The van der Waals surface area contributed by atoms with Crippen molar-refractivity contribution in [1.82, 2.24) is 24.5 Å². The molecule has 3 aromatic rings. The lowest BCUT2D eigenvalue weighted by Gasteiger charge is -2.28. The summed E-state index contributed by atoms with van der Waals surface area (Å²) in [5.41, 5.74) is 9.84. The van der Waals surface area contributed by atoms with Gasteiger partial charge in [-0.1, -0.05) is 6.92 Å². The van der Waals surface area contributed by atoms with Crippen molar-refractivity contribution in [3.05, 3.63) is 30.1 Å². The maximum atomic E-state index is 12.4. The van der Waals surface area contributed by atoms with Crippen LogP contribution in [0, 0.1) is 6.92 Å². The number of likely N-dealkylation sites (tertiary alicyclic amines) is 1. The standard InChI is InChI=1S/C14H16N8.C6H11F2N.C3H7F/c1-8-10(20-17-3)4-5-11(18-8)9-6-7-22-12(9)13(16-2)19-14(15)21-22;1-9-4-2-3-6(7,8)5-9;1-2-3-4/h4-7H,1-3H3,(H3,15,16,19,21);2-5H2,1H3;2-3H2,1H3. The van der Waals surface area contributed by atoms with Crippen molar-refractivity contribution >= 4 is 23.0 Å². The molecule has 192 valence electrons. The second-order valence-electron chi connectivity index (χ2n) is 8.08. The molecule has 0 atom stereocenters. The molecule has 4 rings (SSSR count). The highest BCUT2D eigenvalue weighted by Crippen LogP contribution is 2.30. The summed E-state index contributed by atoms with van der Waals surface area (Å²) in [5, 5.41) is 15.0. The van der Waals surface area contributed by atoms with E-state index in [2.05, 4.69) is 30.6 Å². The van der Waals surface area contributed by atoms with Crippen LogP contribution < -0.4 is 11.1 Å². The molecule has 35 heavy (non-hydrogen) atoms. The molecule has 0 aliphatic carbocycles. The van der Waals surface area contributed by atoms with E-state index in [0.29, 0.717) is 18.7 Å². The van der Waals surface area contributed by atoms with Crippen LogP contribution >= 0.6 is 0 Å². The third-order valence-electron chi connectivity index (χ3n) is 5.08. The van der Waals surface area contributed by atoms with Gasteiger partial charge in [-0.15, -0.1) is 5.10 Å². The van der Waals surface area contributed by atoms with Gasteiger partial charge in [-0.25, -0.2) is 13.3 Å². The van der Waals surface area contributed by atoms with E-state index in [4.69, 9.17) is 5.73 Å². The number of pyridine rings is 1. The van der Waals surface area contributed by atoms with E-state index in [9.17, 15) is 13.2 Å². The van der Waals surface area contributed by atoms with Crippen molar-refractivity contribution in [2.75, 3.05) is 52.0 Å². The number of halogens is 3. The summed E-state index contributed by atoms with van der Waals surface area (Å²) in [6.07, 6.45) is 3.18. The quantitative estimate of drug-likeness (QED) is 0.487. The van der Waals surface area contributed by atoms with E-state index >= 15 is 0 Å². The number of hydrogen-bond donors (Lipinski definition) is 2. The lowest BCUT2D eigenvalue weighted by Crippen LogP contribution is -2.39. The third-order valence-corrected chi connectivity index (χ3v) is 5.08. The van der Waals surface area contributed by atoms with Gasteiger partial charge in [0.1, 0.15) is 11.2 Å². The molecule has 1 fully saturated rings. The van der Waals surface area contributed by atoms with Crippen molar-refractivity contribution < 1.29 is 13.2 Å². The Hall–Kier alpha value is -3.28. The molecule has 12 heteroatoms. The van der Waals surface area contributed by atoms with E-state index < -0.39 is 5.92 Å². The Bertz CT molecular complexity index is 1110. The van der Waals surface area contributed by atoms with E-state index in [1.165, 1.54) is 0 Å². The zero-order valence-corrected chi connectivity index (χ0v) is 20.9. The normalized spacial score (nSPS) is 15.3. The Morgan fingerprint density at radius 1 is 1.23 bits per heavy atom. The summed E-state index contributed by atoms with van der Waals surface area (Å²) in [6.45, 7) is 4.28. The molecule has 9 nitrogen and oxygen atoms in total. The predicted molar refractivity (Wildman–Crippen MR) is 133 cm³/mol. The molecule has 0 radical (unpaired) electrons. The van der Waals surface area contributed by atoms with Crippen LogP contribution in [0.2, 0.25) is 0 Å². The van der Waals surface area contributed by atoms with Crippen LogP contribution in [0.4, 0.5) is 30.6 Å². The van der Waals surface area contributed by atoms with Crippen LogP contribution in [0.3, 0.4) is 0 Å². The van der Waals surface area contributed by atoms with Gasteiger partial charge in [0.25, 0.3) is 5.92 Å². The third kappa shape index (κ3) is 7.88. The summed E-state index contributed by atoms with van der Waals surface area (Å²) < 4.78 is 37.2. The lowest BCUT2D eigenvalue weighted by atomic mass is 10.1. The molecule has 0 amide bonds. The number of fused-ring (bicyclic) bond motifs is 1. The zero-order chi connectivity index (χ0) is 26.0. The van der Waals surface area contributed by atoms with Gasteiger partial charge in [-0.3, -0.25) is 9.37 Å². The minimum atomic E-state index is -2.42. The van der Waals surface area contributed by atoms with Gasteiger partial charge in [0.2, 0.25) is 5.95 Å². The summed E-state index contributed by atoms with van der Waals surface area (Å²) in [6, 6.07) is 5.74. The minimum Gasteiger partial charge on any atom is -0.371 e. The molecule has 0 bridgehead atoms. The van der Waals surface area contributed by atoms with E-state index in [1.54, 1.807) is 37.5 Å². The van der Waals surface area contributed by atoms with Gasteiger partial charge in [0.05, 0.1) is 24.6 Å². The second kappa shape index (κ2) is 13.0. The summed E-state index contributed by atoms with van der Waals surface area (Å²) in [7, 11) is 5.16. The number of anilines is 2. The van der Waals surface area contributed by atoms with Crippen molar-refractivity contribution in [1.29, 1.82) is 0 Å². The lowest BCUT2D eigenvalue weighted by molar-refractivity contribution is -0.0571. The summed E-state index contributed by atoms with van der Waals surface area (Å²) in [5.74, 6) is -1.56. The first-order valence-electron chi connectivity index (χ1n) is 11.4. The number of hydrogen-bond acceptors (Lipinski definition) is 8. The SMILES string of the molecule is CCCF.CN1CCCC(F)(F)C1.CN=Nc1ccc(-c2ccn3nc(N)nc(NC)c23)nc1C. The number of alkyl halides is 3. The second-order valence-corrected chi connectivity index (χ2v) is 8.08. The van der Waals surface area contributed by atoms with Gasteiger partial charge in [-0.05, 0) is 51.6 Å². The Balaban J connectivity index is 0.000000275. The number of nitrogens with one attached hydrogen (secondary N) is 1. The number of aromatic nitrogens is 4. The molecule has 1 aliphatic heterocycles. The number of nitrogens with zero attached hydrogens (tertiary/aromatic N) is 7. The maximum absolute atomic E-state index is 12.4. The Morgan fingerprint density at radius 3 is 2.46 bits per heavy atom. The first-order valence-corrected chi connectivity index (χ1v) is 11.4. The Labute approximate surface area is 203 Å². The number of rotatable bonds is 4. The van der Waals surface area contributed by atoms with Gasteiger partial charge in [-0.2, -0.15) is 15.2 Å². The molecule has 1 saturated heterocycles. The van der Waals surface area contributed by atoms with Crippen LogP contribution in [0.25, 0.3) is 16.8 Å². The average molecular weight is 494 g/mol. The van der Waals surface area contributed by atoms with E-state index in [0.717, 1.165) is 34.7 Å². The highest BCUT2D eigenvalue weighted by molar-refractivity contribution is 5.87. The van der Waals surface area contributed by atoms with Crippen molar-refractivity contribution in [3.63, 3.8) is 0 Å². The van der Waals surface area contributed by atoms with Gasteiger partial charge >= 0.3 is 0 Å². The summed E-state index contributed by atoms with van der Waals surface area (Å²) in [4.78, 5) is 10.5. The number of piperidine rings is 1. The molecule has 3 aromatic heterocycles. The van der Waals surface area contributed by atoms with Crippen molar-refractivity contribution in [2.45, 2.75) is 39.0 Å². The van der Waals surface area contributed by atoms with Crippen LogP contribution in [0.15, 0.2) is 34.6 Å². The molecular weight excluding hydrogens is 459 g/mol. The van der Waals surface area contributed by atoms with Gasteiger partial charge in [0, 0.05) is 32.3 Å². The predicted octanol–water partition coefficient (Wildman–Crippen LogP) is 5.15. The fraction of sp³-hybridized carbons (Fsp3) is 0.522. The number of aryl methyl sites for hydroxylation is 1. The van der Waals surface area contributed by atoms with Crippen LogP contribution in [-0.4, -0.2) is 71.3 Å². The monoisotopic (exact) mass is 493 g/mol. The number of azo groups is 1. The topological polar surface area (TPSA) is 109 Å². The summed E-state index contributed by atoms with van der Waals surface area (Å²) >= 11 is 0. The first kappa shape index (κ1) is 28.0. The van der Waals surface area contributed by atoms with Crippen LogP contribution in [0.1, 0.15) is 31.9 Å². The fourth-order valence-corrected chi connectivity index (χ4v) is 3.50. The van der Waals surface area contributed by atoms with Crippen molar-refractivity contribution in [2.24, 2.45) is 10.2 Å². The molecule has 1 aliphatic rings. The van der Waals surface area contributed by atoms with Gasteiger partial charge < -0.3 is 16.0 Å². The zero-order valence-electron chi connectivity index (χ0n) is 20.9. The maximum Gasteiger partial charge on any atom is 0.260 e. The molecular formula is C23H34F3N9. The first-order chi connectivity index (χ1) is 16.6. The smallest absolute Gasteiger partial charge is 0.260 e. The van der Waals surface area contributed by atoms with E-state index in [1.807, 2.05) is 31.3 Å². The Kier molecular flexibility index (Phi) is 10.4. The van der Waals surface area contributed by atoms with E-state index in [-0.39, 0.29) is 25.6 Å². The highest BCUT2D eigenvalue weighted by Gasteiger charge is 2.33. The fourth-order valence-electron chi connectivity index (χ4n) is 3.50. The number of nitrogen functional groups attached to an aromatic ring is 1. The molecule has 4 heterocycles. The minimum absolute atomic E-state index is 0.0625. The molecule has 0 saturated carbocycles. The highest BCUT2D eigenvalue weighted by atomic mass is 19.3. The largest absolute Gasteiger partial charge is 0.371 e. The van der Waals surface area contributed by atoms with Crippen LogP contribution in [0.5, 0.6) is 0 Å². The molecule has 0 aromatic carbocycles.